The molecule has 1 atom stereocenters. The van der Waals surface area contributed by atoms with Crippen LogP contribution in [-0.2, 0) is 26.2 Å². The normalized spacial score (nSPS) is 12.1. The zero-order valence-corrected chi connectivity index (χ0v) is 27.2. The highest BCUT2D eigenvalue weighted by molar-refractivity contribution is 7.92. The van der Waals surface area contributed by atoms with Crippen molar-refractivity contribution in [2.24, 2.45) is 0 Å². The first-order chi connectivity index (χ1) is 19.9. The topological polar surface area (TPSA) is 86.8 Å². The summed E-state index contributed by atoms with van der Waals surface area (Å²) < 4.78 is 29.1. The van der Waals surface area contributed by atoms with Gasteiger partial charge in [-0.25, -0.2) is 8.42 Å². The van der Waals surface area contributed by atoms with Gasteiger partial charge in [0, 0.05) is 18.1 Å². The third kappa shape index (κ3) is 8.40. The van der Waals surface area contributed by atoms with Gasteiger partial charge >= 0.3 is 0 Å². The van der Waals surface area contributed by atoms with E-state index in [4.69, 9.17) is 34.8 Å². The number of nitrogens with one attached hydrogen (secondary N) is 1. The van der Waals surface area contributed by atoms with Gasteiger partial charge in [0.15, 0.2) is 0 Å². The summed E-state index contributed by atoms with van der Waals surface area (Å²) in [4.78, 5) is 28.9. The Kier molecular flexibility index (Phi) is 12.1. The van der Waals surface area contributed by atoms with Crippen molar-refractivity contribution in [2.45, 2.75) is 64.4 Å². The minimum absolute atomic E-state index is 0.0155. The molecule has 0 aliphatic heterocycles. The van der Waals surface area contributed by atoms with E-state index in [9.17, 15) is 18.0 Å². The van der Waals surface area contributed by atoms with E-state index in [0.717, 1.165) is 28.3 Å². The van der Waals surface area contributed by atoms with E-state index in [1.807, 2.05) is 33.8 Å². The van der Waals surface area contributed by atoms with Crippen LogP contribution in [0, 0.1) is 13.8 Å². The number of anilines is 1. The van der Waals surface area contributed by atoms with E-state index in [-0.39, 0.29) is 17.3 Å². The van der Waals surface area contributed by atoms with Crippen molar-refractivity contribution in [2.75, 3.05) is 17.4 Å². The number of hydrogen-bond acceptors (Lipinski definition) is 4. The van der Waals surface area contributed by atoms with Crippen LogP contribution in [0.4, 0.5) is 5.69 Å². The van der Waals surface area contributed by atoms with Crippen LogP contribution in [0.3, 0.4) is 0 Å². The molecular weight excluding hydrogens is 617 g/mol. The average molecular weight is 653 g/mol. The predicted molar refractivity (Wildman–Crippen MR) is 171 cm³/mol. The van der Waals surface area contributed by atoms with E-state index < -0.39 is 28.5 Å². The first-order valence-electron chi connectivity index (χ1n) is 13.8. The number of aryl methyl sites for hydroxylation is 2. The zero-order valence-electron chi connectivity index (χ0n) is 24.2. The zero-order chi connectivity index (χ0) is 31.0. The molecule has 0 aromatic heterocycles. The molecule has 0 saturated carbocycles. The molecule has 0 bridgehead atoms. The molecule has 3 aromatic carbocycles. The van der Waals surface area contributed by atoms with Gasteiger partial charge in [0.05, 0.1) is 20.6 Å². The van der Waals surface area contributed by atoms with Crippen molar-refractivity contribution in [3.05, 3.63) is 92.4 Å². The Labute approximate surface area is 263 Å². The van der Waals surface area contributed by atoms with E-state index in [2.05, 4.69) is 5.32 Å². The Hall–Kier alpha value is -2.78. The van der Waals surface area contributed by atoms with Crippen molar-refractivity contribution in [3.63, 3.8) is 0 Å². The number of sulfonamides is 1. The monoisotopic (exact) mass is 651 g/mol. The van der Waals surface area contributed by atoms with E-state index in [0.29, 0.717) is 39.3 Å². The SMILES string of the molecule is CCCCNC(=O)C(CC)N(Cc1ccc(Cl)c(Cl)c1)C(=O)CN(c1ccc(C)c(C)c1)S(=O)(=O)c1ccc(Cl)cc1. The molecule has 0 spiro atoms. The highest BCUT2D eigenvalue weighted by Crippen LogP contribution is 2.28. The predicted octanol–water partition coefficient (Wildman–Crippen LogP) is 7.18. The molecule has 0 saturated heterocycles. The Morgan fingerprint density at radius 1 is 0.881 bits per heavy atom. The summed E-state index contributed by atoms with van der Waals surface area (Å²) in [6.45, 7) is 7.59. The highest BCUT2D eigenvalue weighted by Gasteiger charge is 2.33. The maximum Gasteiger partial charge on any atom is 0.264 e. The van der Waals surface area contributed by atoms with Gasteiger partial charge in [0.25, 0.3) is 10.0 Å². The Morgan fingerprint density at radius 2 is 1.57 bits per heavy atom. The van der Waals surface area contributed by atoms with Crippen LogP contribution in [-0.4, -0.2) is 44.3 Å². The first kappa shape index (κ1) is 33.7. The van der Waals surface area contributed by atoms with E-state index in [1.54, 1.807) is 30.3 Å². The molecule has 1 unspecified atom stereocenters. The van der Waals surface area contributed by atoms with Gasteiger partial charge in [-0.1, -0.05) is 67.2 Å². The van der Waals surface area contributed by atoms with Gasteiger partial charge in [-0.2, -0.15) is 0 Å². The Morgan fingerprint density at radius 3 is 2.17 bits per heavy atom. The lowest BCUT2D eigenvalue weighted by Crippen LogP contribution is -2.52. The fourth-order valence-electron chi connectivity index (χ4n) is 4.40. The number of carbonyl (C=O) groups excluding carboxylic acids is 2. The maximum absolute atomic E-state index is 14.2. The summed E-state index contributed by atoms with van der Waals surface area (Å²) in [6, 6.07) is 15.1. The fourth-order valence-corrected chi connectivity index (χ4v) is 6.26. The van der Waals surface area contributed by atoms with Crippen LogP contribution in [0.1, 0.15) is 49.8 Å². The molecule has 11 heteroatoms. The lowest BCUT2D eigenvalue weighted by Gasteiger charge is -2.33. The number of carbonyl (C=O) groups is 2. The maximum atomic E-state index is 14.2. The molecule has 0 radical (unpaired) electrons. The summed E-state index contributed by atoms with van der Waals surface area (Å²) in [5.41, 5.74) is 2.82. The second-order valence-electron chi connectivity index (χ2n) is 10.1. The van der Waals surface area contributed by atoms with Crippen LogP contribution in [0.5, 0.6) is 0 Å². The van der Waals surface area contributed by atoms with Crippen molar-refractivity contribution in [3.8, 4) is 0 Å². The van der Waals surface area contributed by atoms with Gasteiger partial charge in [0.1, 0.15) is 12.6 Å². The summed E-state index contributed by atoms with van der Waals surface area (Å²) >= 11 is 18.4. The third-order valence-electron chi connectivity index (χ3n) is 7.01. The number of benzene rings is 3. The molecule has 3 rings (SSSR count). The molecule has 0 aliphatic carbocycles. The average Bonchev–Trinajstić information content (AvgIpc) is 2.95. The summed E-state index contributed by atoms with van der Waals surface area (Å²) in [5, 5.41) is 3.96. The van der Waals surface area contributed by atoms with Crippen LogP contribution >= 0.6 is 34.8 Å². The number of rotatable bonds is 13. The van der Waals surface area contributed by atoms with Crippen LogP contribution in [0.15, 0.2) is 65.6 Å². The molecule has 1 N–H and O–H groups in total. The van der Waals surface area contributed by atoms with Crippen molar-refractivity contribution >= 4 is 62.3 Å². The standard InChI is InChI=1S/C31H36Cl3N3O4S/c1-5-7-16-35-31(39)29(6-2)36(19-23-9-15-27(33)28(34)18-23)30(38)20-37(25-12-8-21(3)22(4)17-25)42(40,41)26-13-10-24(32)11-14-26/h8-15,17-18,29H,5-7,16,19-20H2,1-4H3,(H,35,39). The van der Waals surface area contributed by atoms with Gasteiger partial charge in [0.2, 0.25) is 11.8 Å². The van der Waals surface area contributed by atoms with Crippen LogP contribution < -0.4 is 9.62 Å². The lowest BCUT2D eigenvalue weighted by molar-refractivity contribution is -0.140. The van der Waals surface area contributed by atoms with Gasteiger partial charge in [-0.15, -0.1) is 0 Å². The number of nitrogens with zero attached hydrogens (tertiary/aromatic N) is 2. The number of amides is 2. The molecule has 2 amide bonds. The van der Waals surface area contributed by atoms with E-state index in [1.165, 1.54) is 29.2 Å². The largest absolute Gasteiger partial charge is 0.354 e. The molecule has 42 heavy (non-hydrogen) atoms. The second-order valence-corrected chi connectivity index (χ2v) is 13.2. The van der Waals surface area contributed by atoms with Crippen LogP contribution in [0.25, 0.3) is 0 Å². The van der Waals surface area contributed by atoms with Crippen molar-refractivity contribution in [1.82, 2.24) is 10.2 Å². The number of unbranched alkanes of at least 4 members (excludes halogenated alkanes) is 1. The smallest absolute Gasteiger partial charge is 0.264 e. The van der Waals surface area contributed by atoms with Crippen molar-refractivity contribution < 1.29 is 18.0 Å². The van der Waals surface area contributed by atoms with E-state index >= 15 is 0 Å². The number of hydrogen-bond donors (Lipinski definition) is 1. The van der Waals surface area contributed by atoms with Gasteiger partial charge in [-0.3, -0.25) is 13.9 Å². The minimum Gasteiger partial charge on any atom is -0.354 e. The highest BCUT2D eigenvalue weighted by atomic mass is 35.5. The molecule has 0 fully saturated rings. The summed E-state index contributed by atoms with van der Waals surface area (Å²) in [5.74, 6) is -0.855. The molecular formula is C31H36Cl3N3O4S. The lowest BCUT2D eigenvalue weighted by atomic mass is 10.1. The summed E-state index contributed by atoms with van der Waals surface area (Å²) in [6.07, 6.45) is 2.01. The minimum atomic E-state index is -4.20. The number of halogens is 3. The molecule has 7 nitrogen and oxygen atoms in total. The fraction of sp³-hybridized carbons (Fsp3) is 0.355. The van der Waals surface area contributed by atoms with Crippen molar-refractivity contribution in [1.29, 1.82) is 0 Å². The molecule has 3 aromatic rings. The molecule has 0 heterocycles. The summed E-state index contributed by atoms with van der Waals surface area (Å²) in [7, 11) is -4.20. The Bertz CT molecular complexity index is 1510. The Balaban J connectivity index is 2.07. The third-order valence-corrected chi connectivity index (χ3v) is 9.79. The molecule has 0 aliphatic rings. The van der Waals surface area contributed by atoms with Gasteiger partial charge in [-0.05, 0) is 91.9 Å². The quantitative estimate of drug-likeness (QED) is 0.198. The van der Waals surface area contributed by atoms with Gasteiger partial charge < -0.3 is 10.2 Å². The van der Waals surface area contributed by atoms with Crippen LogP contribution in [0.2, 0.25) is 15.1 Å². The second kappa shape index (κ2) is 15.1. The first-order valence-corrected chi connectivity index (χ1v) is 16.3. The molecule has 226 valence electrons.